The second-order valence-electron chi connectivity index (χ2n) is 6.25. The number of imidazole rings is 1. The van der Waals surface area contributed by atoms with Crippen LogP contribution in [0.3, 0.4) is 0 Å². The van der Waals surface area contributed by atoms with Gasteiger partial charge in [-0.2, -0.15) is 0 Å². The molecule has 1 atom stereocenters. The third-order valence-corrected chi connectivity index (χ3v) is 5.34. The standard InChI is InChI=1S/C19H20N4O2S/c1-13-7-9-15(10-8-13)25-11-14(24)12-26-19-21-20-18-22(2)16-5-3-4-6-17(16)23(18)19/h3-10,14,24H,11-12H2,1-2H3. The van der Waals surface area contributed by atoms with Crippen LogP contribution in [0.15, 0.2) is 53.7 Å². The molecule has 6 nitrogen and oxygen atoms in total. The number of fused-ring (bicyclic) bond motifs is 3. The summed E-state index contributed by atoms with van der Waals surface area (Å²) >= 11 is 1.48. The molecule has 4 aromatic rings. The monoisotopic (exact) mass is 368 g/mol. The molecule has 0 amide bonds. The molecule has 134 valence electrons. The number of benzene rings is 2. The molecule has 0 aliphatic carbocycles. The molecule has 2 aromatic carbocycles. The minimum atomic E-state index is -0.594. The predicted octanol–water partition coefficient (Wildman–Crippen LogP) is 3.06. The number of aliphatic hydroxyl groups is 1. The van der Waals surface area contributed by atoms with Crippen LogP contribution in [0.4, 0.5) is 0 Å². The third-order valence-electron chi connectivity index (χ3n) is 4.27. The average Bonchev–Trinajstić information content (AvgIpc) is 3.20. The number of hydrogen-bond acceptors (Lipinski definition) is 5. The van der Waals surface area contributed by atoms with E-state index in [0.29, 0.717) is 5.75 Å². The Hall–Kier alpha value is -2.51. The van der Waals surface area contributed by atoms with Gasteiger partial charge in [0.25, 0.3) is 0 Å². The van der Waals surface area contributed by atoms with Crippen LogP contribution in [0.5, 0.6) is 5.75 Å². The van der Waals surface area contributed by atoms with Gasteiger partial charge >= 0.3 is 0 Å². The van der Waals surface area contributed by atoms with Crippen molar-refractivity contribution in [2.75, 3.05) is 12.4 Å². The van der Waals surface area contributed by atoms with E-state index in [9.17, 15) is 5.11 Å². The lowest BCUT2D eigenvalue weighted by Crippen LogP contribution is -2.20. The Morgan fingerprint density at radius 3 is 2.58 bits per heavy atom. The first-order valence-corrected chi connectivity index (χ1v) is 9.41. The smallest absolute Gasteiger partial charge is 0.236 e. The number of aliphatic hydroxyl groups excluding tert-OH is 1. The van der Waals surface area contributed by atoms with Gasteiger partial charge in [-0.15, -0.1) is 10.2 Å². The Morgan fingerprint density at radius 1 is 1.08 bits per heavy atom. The maximum atomic E-state index is 10.2. The van der Waals surface area contributed by atoms with Crippen LogP contribution in [0, 0.1) is 6.92 Å². The Morgan fingerprint density at radius 2 is 1.81 bits per heavy atom. The Kier molecular flexibility index (Phi) is 4.57. The van der Waals surface area contributed by atoms with Gasteiger partial charge in [0.05, 0.1) is 17.1 Å². The summed E-state index contributed by atoms with van der Waals surface area (Å²) in [5, 5.41) is 19.6. The van der Waals surface area contributed by atoms with Crippen LogP contribution in [0.25, 0.3) is 16.8 Å². The van der Waals surface area contributed by atoms with Gasteiger partial charge in [-0.1, -0.05) is 41.6 Å². The lowest BCUT2D eigenvalue weighted by Gasteiger charge is -2.11. The number of aryl methyl sites for hydroxylation is 2. The molecule has 0 radical (unpaired) electrons. The highest BCUT2D eigenvalue weighted by Crippen LogP contribution is 2.25. The SMILES string of the molecule is Cc1ccc(OCC(O)CSc2nnc3n(C)c4ccccc4n23)cc1. The molecular formula is C19H20N4O2S. The lowest BCUT2D eigenvalue weighted by molar-refractivity contribution is 0.126. The molecule has 0 saturated carbocycles. The fourth-order valence-corrected chi connectivity index (χ4v) is 3.72. The number of para-hydroxylation sites is 2. The Balaban J connectivity index is 1.44. The van der Waals surface area contributed by atoms with E-state index < -0.39 is 6.10 Å². The second kappa shape index (κ2) is 7.01. The van der Waals surface area contributed by atoms with E-state index in [2.05, 4.69) is 16.3 Å². The quantitative estimate of drug-likeness (QED) is 0.530. The molecule has 2 heterocycles. The van der Waals surface area contributed by atoms with Crippen LogP contribution in [0.2, 0.25) is 0 Å². The number of ether oxygens (including phenoxy) is 1. The molecule has 2 aromatic heterocycles. The molecule has 0 spiro atoms. The van der Waals surface area contributed by atoms with Crippen LogP contribution < -0.4 is 4.74 Å². The van der Waals surface area contributed by atoms with E-state index in [4.69, 9.17) is 4.74 Å². The van der Waals surface area contributed by atoms with Gasteiger partial charge in [-0.05, 0) is 31.2 Å². The van der Waals surface area contributed by atoms with Crippen molar-refractivity contribution >= 4 is 28.6 Å². The lowest BCUT2D eigenvalue weighted by atomic mass is 10.2. The summed E-state index contributed by atoms with van der Waals surface area (Å²) in [7, 11) is 1.98. The Bertz CT molecular complexity index is 1040. The van der Waals surface area contributed by atoms with E-state index in [0.717, 1.165) is 27.7 Å². The van der Waals surface area contributed by atoms with E-state index in [1.807, 2.05) is 65.4 Å². The molecule has 0 aliphatic rings. The topological polar surface area (TPSA) is 64.6 Å². The van der Waals surface area contributed by atoms with Gasteiger partial charge in [-0.25, -0.2) is 0 Å². The van der Waals surface area contributed by atoms with E-state index in [-0.39, 0.29) is 6.61 Å². The van der Waals surface area contributed by atoms with Crippen molar-refractivity contribution in [3.05, 3.63) is 54.1 Å². The molecule has 26 heavy (non-hydrogen) atoms. The van der Waals surface area contributed by atoms with Crippen LogP contribution in [-0.2, 0) is 7.05 Å². The molecule has 0 saturated heterocycles. The van der Waals surface area contributed by atoms with E-state index in [1.165, 1.54) is 17.3 Å². The van der Waals surface area contributed by atoms with E-state index in [1.54, 1.807) is 0 Å². The summed E-state index contributed by atoms with van der Waals surface area (Å²) in [6.45, 7) is 2.27. The predicted molar refractivity (Wildman–Crippen MR) is 103 cm³/mol. The number of hydrogen-bond donors (Lipinski definition) is 1. The molecule has 0 bridgehead atoms. The van der Waals surface area contributed by atoms with Crippen molar-refractivity contribution in [2.24, 2.45) is 7.05 Å². The number of rotatable bonds is 6. The zero-order valence-electron chi connectivity index (χ0n) is 14.7. The van der Waals surface area contributed by atoms with Crippen molar-refractivity contribution in [1.29, 1.82) is 0 Å². The maximum Gasteiger partial charge on any atom is 0.236 e. The highest BCUT2D eigenvalue weighted by molar-refractivity contribution is 7.99. The fourth-order valence-electron chi connectivity index (χ4n) is 2.87. The van der Waals surface area contributed by atoms with Crippen LogP contribution >= 0.6 is 11.8 Å². The Labute approximate surface area is 155 Å². The molecule has 0 aliphatic heterocycles. The van der Waals surface area contributed by atoms with Gasteiger partial charge < -0.3 is 14.4 Å². The van der Waals surface area contributed by atoms with Crippen molar-refractivity contribution in [3.8, 4) is 5.75 Å². The summed E-state index contributed by atoms with van der Waals surface area (Å²) in [6, 6.07) is 15.9. The molecular weight excluding hydrogens is 348 g/mol. The first-order valence-electron chi connectivity index (χ1n) is 8.42. The minimum Gasteiger partial charge on any atom is -0.491 e. The van der Waals surface area contributed by atoms with Gasteiger partial charge in [0, 0.05) is 12.8 Å². The summed E-state index contributed by atoms with van der Waals surface area (Å²) in [4.78, 5) is 0. The molecule has 7 heteroatoms. The van der Waals surface area contributed by atoms with Crippen molar-refractivity contribution in [1.82, 2.24) is 19.2 Å². The summed E-state index contributed by atoms with van der Waals surface area (Å²) in [5.41, 5.74) is 3.34. The molecule has 1 unspecified atom stereocenters. The summed E-state index contributed by atoms with van der Waals surface area (Å²) in [5.74, 6) is 2.04. The largest absolute Gasteiger partial charge is 0.491 e. The zero-order valence-corrected chi connectivity index (χ0v) is 15.5. The van der Waals surface area contributed by atoms with Crippen molar-refractivity contribution in [2.45, 2.75) is 18.2 Å². The molecule has 0 fully saturated rings. The second-order valence-corrected chi connectivity index (χ2v) is 7.24. The first-order chi connectivity index (χ1) is 12.6. The van der Waals surface area contributed by atoms with Crippen molar-refractivity contribution < 1.29 is 9.84 Å². The van der Waals surface area contributed by atoms with Crippen LogP contribution in [0.1, 0.15) is 5.56 Å². The van der Waals surface area contributed by atoms with Gasteiger partial charge in [-0.3, -0.25) is 4.40 Å². The highest BCUT2D eigenvalue weighted by atomic mass is 32.2. The molecule has 1 N–H and O–H groups in total. The zero-order chi connectivity index (χ0) is 18.1. The van der Waals surface area contributed by atoms with E-state index >= 15 is 0 Å². The normalized spacial score (nSPS) is 12.7. The third kappa shape index (κ3) is 3.15. The highest BCUT2D eigenvalue weighted by Gasteiger charge is 2.16. The summed E-state index contributed by atoms with van der Waals surface area (Å²) in [6.07, 6.45) is -0.594. The fraction of sp³-hybridized carbons (Fsp3) is 0.263. The first kappa shape index (κ1) is 16.9. The van der Waals surface area contributed by atoms with Crippen molar-refractivity contribution in [3.63, 3.8) is 0 Å². The van der Waals surface area contributed by atoms with Gasteiger partial charge in [0.2, 0.25) is 5.78 Å². The number of aromatic nitrogens is 4. The van der Waals surface area contributed by atoms with Gasteiger partial charge in [0.15, 0.2) is 5.16 Å². The molecule has 4 rings (SSSR count). The number of nitrogens with zero attached hydrogens (tertiary/aromatic N) is 4. The minimum absolute atomic E-state index is 0.244. The van der Waals surface area contributed by atoms with Gasteiger partial charge in [0.1, 0.15) is 12.4 Å². The van der Waals surface area contributed by atoms with Crippen LogP contribution in [-0.4, -0.2) is 42.7 Å². The summed E-state index contributed by atoms with van der Waals surface area (Å²) < 4.78 is 9.68. The average molecular weight is 368 g/mol. The maximum absolute atomic E-state index is 10.2. The number of thioether (sulfide) groups is 1.